The number of carboxylic acid groups (broad SMARTS) is 1. The number of fused-ring (bicyclic) bond motifs is 2. The van der Waals surface area contributed by atoms with Crippen LogP contribution in [0.1, 0.15) is 31.0 Å². The maximum absolute atomic E-state index is 14.4. The van der Waals surface area contributed by atoms with Gasteiger partial charge < -0.3 is 14.9 Å². The van der Waals surface area contributed by atoms with Gasteiger partial charge in [-0.2, -0.15) is 13.8 Å². The fourth-order valence-corrected chi connectivity index (χ4v) is 4.94. The van der Waals surface area contributed by atoms with Gasteiger partial charge in [0.25, 0.3) is 5.92 Å². The quantitative estimate of drug-likeness (QED) is 0.861. The molecular formula is C18H21F3N4O2. The number of hydrogen-bond acceptors (Lipinski definition) is 5. The monoisotopic (exact) mass is 382 g/mol. The summed E-state index contributed by atoms with van der Waals surface area (Å²) in [6, 6.07) is -0.419. The highest BCUT2D eigenvalue weighted by Crippen LogP contribution is 2.55. The van der Waals surface area contributed by atoms with Gasteiger partial charge in [0, 0.05) is 31.5 Å². The molecule has 1 saturated carbocycles. The largest absolute Gasteiger partial charge is 0.481 e. The minimum absolute atomic E-state index is 0.122. The van der Waals surface area contributed by atoms with E-state index in [2.05, 4.69) is 9.97 Å². The Labute approximate surface area is 154 Å². The number of carbonyl (C=O) groups is 1. The second kappa shape index (κ2) is 5.48. The first kappa shape index (κ1) is 17.1. The van der Waals surface area contributed by atoms with Gasteiger partial charge in [-0.25, -0.2) is 9.37 Å². The van der Waals surface area contributed by atoms with Crippen LogP contribution in [0.2, 0.25) is 0 Å². The highest BCUT2D eigenvalue weighted by atomic mass is 19.3. The Kier molecular flexibility index (Phi) is 3.46. The van der Waals surface area contributed by atoms with E-state index >= 15 is 0 Å². The van der Waals surface area contributed by atoms with Crippen LogP contribution in [0.5, 0.6) is 0 Å². The Bertz CT molecular complexity index is 808. The standard InChI is InChI=1S/C18H21F3N4O2/c1-8-13(19)7-25(8)17-22-15-9(2-3-18(15,20)21)16(23-17)24-5-11-10(4-14(26)27)12(11)6-24/h8,10-13H,2-7H2,1H3,(H,26,27)/t8-,10-,11-,12+,13?/m0/s1. The molecule has 0 radical (unpaired) electrons. The summed E-state index contributed by atoms with van der Waals surface area (Å²) < 4.78 is 42.3. The molecule has 0 spiro atoms. The lowest BCUT2D eigenvalue weighted by atomic mass is 10.0. The summed E-state index contributed by atoms with van der Waals surface area (Å²) in [7, 11) is 0. The molecule has 1 aromatic heterocycles. The number of rotatable bonds is 4. The number of anilines is 2. The van der Waals surface area contributed by atoms with E-state index in [-0.39, 0.29) is 55.2 Å². The third kappa shape index (κ3) is 2.50. The first-order valence-electron chi connectivity index (χ1n) is 9.43. The predicted octanol–water partition coefficient (Wildman–Crippen LogP) is 2.22. The highest BCUT2D eigenvalue weighted by Gasteiger charge is 2.57. The fourth-order valence-electron chi connectivity index (χ4n) is 4.94. The van der Waals surface area contributed by atoms with Gasteiger partial charge in [0.05, 0.1) is 12.6 Å². The predicted molar refractivity (Wildman–Crippen MR) is 90.9 cm³/mol. The maximum Gasteiger partial charge on any atom is 0.303 e. The van der Waals surface area contributed by atoms with Crippen molar-refractivity contribution in [3.8, 4) is 0 Å². The van der Waals surface area contributed by atoms with Crippen molar-refractivity contribution in [1.29, 1.82) is 0 Å². The number of nitrogens with zero attached hydrogens (tertiary/aromatic N) is 4. The highest BCUT2D eigenvalue weighted by molar-refractivity contribution is 5.68. The minimum Gasteiger partial charge on any atom is -0.481 e. The number of aliphatic carboxylic acids is 1. The molecule has 3 heterocycles. The molecule has 27 heavy (non-hydrogen) atoms. The normalized spacial score (nSPS) is 35.6. The Morgan fingerprint density at radius 2 is 1.96 bits per heavy atom. The molecule has 4 aliphatic rings. The van der Waals surface area contributed by atoms with E-state index in [4.69, 9.17) is 5.11 Å². The van der Waals surface area contributed by atoms with E-state index in [1.807, 2.05) is 4.90 Å². The van der Waals surface area contributed by atoms with Gasteiger partial charge in [0.2, 0.25) is 5.95 Å². The molecule has 2 aliphatic heterocycles. The zero-order chi connectivity index (χ0) is 19.1. The maximum atomic E-state index is 14.4. The van der Waals surface area contributed by atoms with Gasteiger partial charge in [0.1, 0.15) is 17.7 Å². The van der Waals surface area contributed by atoms with Crippen LogP contribution in [0.25, 0.3) is 0 Å². The lowest BCUT2D eigenvalue weighted by molar-refractivity contribution is -0.137. The third-order valence-corrected chi connectivity index (χ3v) is 6.73. The number of alkyl halides is 3. The van der Waals surface area contributed by atoms with Crippen molar-refractivity contribution < 1.29 is 23.1 Å². The van der Waals surface area contributed by atoms with Crippen molar-refractivity contribution in [2.45, 2.75) is 44.3 Å². The first-order valence-corrected chi connectivity index (χ1v) is 9.43. The van der Waals surface area contributed by atoms with Gasteiger partial charge in [0.15, 0.2) is 0 Å². The molecule has 2 aliphatic carbocycles. The van der Waals surface area contributed by atoms with Crippen molar-refractivity contribution >= 4 is 17.7 Å². The van der Waals surface area contributed by atoms with Crippen molar-refractivity contribution in [3.05, 3.63) is 11.3 Å². The Balaban J connectivity index is 1.45. The molecule has 146 valence electrons. The summed E-state index contributed by atoms with van der Waals surface area (Å²) in [5.74, 6) is -2.32. The SMILES string of the molecule is C[C@H]1C(F)CN1c1nc(N2C[C@@H]3[C@@H](CC(=O)O)[C@@H]3C2)c2c(n1)C(F)(F)CC2. The van der Waals surface area contributed by atoms with Crippen LogP contribution in [-0.2, 0) is 17.1 Å². The zero-order valence-electron chi connectivity index (χ0n) is 14.9. The Morgan fingerprint density at radius 3 is 2.56 bits per heavy atom. The van der Waals surface area contributed by atoms with Crippen LogP contribution in [-0.4, -0.2) is 52.9 Å². The molecular weight excluding hydrogens is 361 g/mol. The second-order valence-electron chi connectivity index (χ2n) is 8.28. The van der Waals surface area contributed by atoms with Gasteiger partial charge in [-0.15, -0.1) is 0 Å². The molecule has 2 saturated heterocycles. The molecule has 1 unspecified atom stereocenters. The molecule has 5 rings (SSSR count). The molecule has 0 bridgehead atoms. The minimum atomic E-state index is -2.99. The summed E-state index contributed by atoms with van der Waals surface area (Å²) >= 11 is 0. The number of aromatic nitrogens is 2. The van der Waals surface area contributed by atoms with Crippen molar-refractivity contribution in [2.75, 3.05) is 29.4 Å². The van der Waals surface area contributed by atoms with E-state index in [0.29, 0.717) is 24.5 Å². The van der Waals surface area contributed by atoms with E-state index in [1.54, 1.807) is 11.8 Å². The molecule has 5 atom stereocenters. The van der Waals surface area contributed by atoms with E-state index < -0.39 is 24.1 Å². The topological polar surface area (TPSA) is 69.6 Å². The van der Waals surface area contributed by atoms with Crippen LogP contribution in [0.15, 0.2) is 0 Å². The van der Waals surface area contributed by atoms with Gasteiger partial charge >= 0.3 is 5.97 Å². The summed E-state index contributed by atoms with van der Waals surface area (Å²) in [5, 5.41) is 8.97. The van der Waals surface area contributed by atoms with E-state index in [9.17, 15) is 18.0 Å². The van der Waals surface area contributed by atoms with Crippen molar-refractivity contribution in [3.63, 3.8) is 0 Å². The first-order chi connectivity index (χ1) is 12.8. The summed E-state index contributed by atoms with van der Waals surface area (Å²) in [5.41, 5.74) is 0.268. The Morgan fingerprint density at radius 1 is 1.26 bits per heavy atom. The average molecular weight is 382 g/mol. The van der Waals surface area contributed by atoms with Gasteiger partial charge in [-0.05, 0) is 31.1 Å². The number of carboxylic acids is 1. The number of halogens is 3. The number of piperidine rings is 1. The average Bonchev–Trinajstić information content (AvgIpc) is 2.96. The lowest BCUT2D eigenvalue weighted by Gasteiger charge is -2.42. The van der Waals surface area contributed by atoms with Gasteiger partial charge in [-0.3, -0.25) is 4.79 Å². The fraction of sp³-hybridized carbons (Fsp3) is 0.722. The lowest BCUT2D eigenvalue weighted by Crippen LogP contribution is -2.57. The van der Waals surface area contributed by atoms with Crippen LogP contribution in [0.3, 0.4) is 0 Å². The molecule has 9 heteroatoms. The summed E-state index contributed by atoms with van der Waals surface area (Å²) in [6.07, 6.45) is -0.889. The second-order valence-corrected chi connectivity index (χ2v) is 8.28. The zero-order valence-corrected chi connectivity index (χ0v) is 14.9. The van der Waals surface area contributed by atoms with Crippen molar-refractivity contribution in [2.24, 2.45) is 17.8 Å². The molecule has 0 amide bonds. The van der Waals surface area contributed by atoms with Crippen molar-refractivity contribution in [1.82, 2.24) is 9.97 Å². The number of hydrogen-bond donors (Lipinski definition) is 1. The molecule has 1 N–H and O–H groups in total. The Hall–Kier alpha value is -2.06. The van der Waals surface area contributed by atoms with Crippen LogP contribution < -0.4 is 9.80 Å². The summed E-state index contributed by atoms with van der Waals surface area (Å²) in [4.78, 5) is 23.2. The van der Waals surface area contributed by atoms with E-state index in [1.165, 1.54) is 0 Å². The van der Waals surface area contributed by atoms with Gasteiger partial charge in [-0.1, -0.05) is 0 Å². The third-order valence-electron chi connectivity index (χ3n) is 6.73. The van der Waals surface area contributed by atoms with E-state index in [0.717, 1.165) is 0 Å². The molecule has 1 aromatic rings. The smallest absolute Gasteiger partial charge is 0.303 e. The summed E-state index contributed by atoms with van der Waals surface area (Å²) in [6.45, 7) is 3.09. The van der Waals surface area contributed by atoms with Crippen LogP contribution >= 0.6 is 0 Å². The van der Waals surface area contributed by atoms with Crippen LogP contribution in [0, 0.1) is 17.8 Å². The molecule has 6 nitrogen and oxygen atoms in total. The molecule has 3 fully saturated rings. The van der Waals surface area contributed by atoms with Crippen LogP contribution in [0.4, 0.5) is 24.9 Å². The molecule has 0 aromatic carbocycles.